The molecule has 0 aliphatic rings. The molecule has 0 bridgehead atoms. The van der Waals surface area contributed by atoms with E-state index in [0.717, 1.165) is 5.69 Å². The van der Waals surface area contributed by atoms with Gasteiger partial charge in [-0.25, -0.2) is 15.0 Å². The first kappa shape index (κ1) is 18.3. The van der Waals surface area contributed by atoms with E-state index in [1.54, 1.807) is 41.2 Å². The van der Waals surface area contributed by atoms with Gasteiger partial charge >= 0.3 is 0 Å². The minimum atomic E-state index is -0.187. The van der Waals surface area contributed by atoms with E-state index in [1.165, 1.54) is 22.2 Å². The Balaban J connectivity index is 1.60. The predicted molar refractivity (Wildman–Crippen MR) is 116 cm³/mol. The first-order valence-corrected chi connectivity index (χ1v) is 10.2. The highest BCUT2D eigenvalue weighted by Gasteiger charge is 2.14. The highest BCUT2D eigenvalue weighted by molar-refractivity contribution is 7.98. The maximum Gasteiger partial charge on any atom is 0.268 e. The van der Waals surface area contributed by atoms with E-state index in [9.17, 15) is 9.59 Å². The van der Waals surface area contributed by atoms with E-state index in [0.29, 0.717) is 33.3 Å². The fraction of sp³-hybridized carbons (Fsp3) is 0.0455. The van der Waals surface area contributed by atoms with Crippen molar-refractivity contribution in [2.75, 3.05) is 0 Å². The summed E-state index contributed by atoms with van der Waals surface area (Å²) >= 11 is 1.34. The van der Waals surface area contributed by atoms with Crippen LogP contribution in [0.15, 0.2) is 93.9 Å². The molecule has 7 nitrogen and oxygen atoms in total. The predicted octanol–water partition coefficient (Wildman–Crippen LogP) is 3.08. The average Bonchev–Trinajstić information content (AvgIpc) is 2.78. The maximum absolute atomic E-state index is 13.2. The normalized spacial score (nSPS) is 11.2. The van der Waals surface area contributed by atoms with E-state index >= 15 is 0 Å². The van der Waals surface area contributed by atoms with Crippen molar-refractivity contribution in [1.82, 2.24) is 23.9 Å². The lowest BCUT2D eigenvalue weighted by Gasteiger charge is -2.12. The molecule has 0 aliphatic carbocycles. The molecule has 0 unspecified atom stereocenters. The number of aromatic nitrogens is 5. The first-order chi connectivity index (χ1) is 14.7. The minimum absolute atomic E-state index is 0.148. The third-order valence-electron chi connectivity index (χ3n) is 4.60. The molecule has 0 radical (unpaired) electrons. The molecule has 0 saturated carbocycles. The molecule has 8 heteroatoms. The molecule has 4 aromatic heterocycles. The van der Waals surface area contributed by atoms with Crippen LogP contribution >= 0.6 is 11.8 Å². The van der Waals surface area contributed by atoms with Gasteiger partial charge in [0.25, 0.3) is 11.1 Å². The van der Waals surface area contributed by atoms with Gasteiger partial charge in [-0.15, -0.1) is 0 Å². The number of fused-ring (bicyclic) bond motifs is 2. The SMILES string of the molecule is O=c1c2cccnc2nc(SCc2cc(=O)n3ccccc3n2)n1-c1ccccc1. The number of rotatable bonds is 4. The second kappa shape index (κ2) is 7.57. The summed E-state index contributed by atoms with van der Waals surface area (Å²) in [6, 6.07) is 19.7. The van der Waals surface area contributed by atoms with Crippen LogP contribution in [0, 0.1) is 0 Å². The standard InChI is InChI=1S/C22H15N5O2S/c28-19-13-15(24-18-10-4-5-12-26(18)19)14-30-22-25-20-17(9-6-11-23-20)21(29)27(22)16-7-2-1-3-8-16/h1-13H,14H2. The highest BCUT2D eigenvalue weighted by atomic mass is 32.2. The fourth-order valence-corrected chi connectivity index (χ4v) is 4.11. The Kier molecular flexibility index (Phi) is 4.61. The molecule has 0 saturated heterocycles. The van der Waals surface area contributed by atoms with Crippen molar-refractivity contribution >= 4 is 28.4 Å². The molecule has 0 aliphatic heterocycles. The van der Waals surface area contributed by atoms with Crippen molar-refractivity contribution in [3.8, 4) is 5.69 Å². The van der Waals surface area contributed by atoms with Crippen LogP contribution in [0.5, 0.6) is 0 Å². The van der Waals surface area contributed by atoms with E-state index in [-0.39, 0.29) is 11.1 Å². The molecule has 5 rings (SSSR count). The Morgan fingerprint density at radius 3 is 2.60 bits per heavy atom. The summed E-state index contributed by atoms with van der Waals surface area (Å²) < 4.78 is 3.06. The van der Waals surface area contributed by atoms with Crippen LogP contribution in [0.2, 0.25) is 0 Å². The van der Waals surface area contributed by atoms with Crippen LogP contribution in [-0.2, 0) is 5.75 Å². The second-order valence-corrected chi connectivity index (χ2v) is 7.49. The molecular weight excluding hydrogens is 398 g/mol. The van der Waals surface area contributed by atoms with Gasteiger partial charge in [0, 0.05) is 24.2 Å². The van der Waals surface area contributed by atoms with E-state index < -0.39 is 0 Å². The van der Waals surface area contributed by atoms with Crippen molar-refractivity contribution in [2.45, 2.75) is 10.9 Å². The van der Waals surface area contributed by atoms with Gasteiger partial charge in [-0.2, -0.15) is 0 Å². The smallest absolute Gasteiger partial charge is 0.268 e. The van der Waals surface area contributed by atoms with Gasteiger partial charge in [0.1, 0.15) is 5.65 Å². The van der Waals surface area contributed by atoms with Crippen LogP contribution in [0.25, 0.3) is 22.4 Å². The van der Waals surface area contributed by atoms with Gasteiger partial charge in [-0.3, -0.25) is 18.6 Å². The quantitative estimate of drug-likeness (QED) is 0.333. The molecule has 146 valence electrons. The Hall–Kier alpha value is -3.78. The van der Waals surface area contributed by atoms with Crippen LogP contribution in [0.1, 0.15) is 5.69 Å². The van der Waals surface area contributed by atoms with Crippen molar-refractivity contribution < 1.29 is 0 Å². The molecule has 30 heavy (non-hydrogen) atoms. The summed E-state index contributed by atoms with van der Waals surface area (Å²) in [6.07, 6.45) is 3.30. The largest absolute Gasteiger partial charge is 0.269 e. The molecule has 0 amide bonds. The number of para-hydroxylation sites is 1. The molecule has 0 spiro atoms. The molecule has 0 atom stereocenters. The Labute approximate surface area is 174 Å². The summed E-state index contributed by atoms with van der Waals surface area (Å²) in [5, 5.41) is 0.945. The zero-order valence-electron chi connectivity index (χ0n) is 15.7. The zero-order chi connectivity index (χ0) is 20.5. The lowest BCUT2D eigenvalue weighted by atomic mass is 10.3. The van der Waals surface area contributed by atoms with Crippen molar-refractivity contribution in [3.05, 3.63) is 106 Å². The lowest BCUT2D eigenvalue weighted by Crippen LogP contribution is -2.22. The third kappa shape index (κ3) is 3.27. The number of benzene rings is 1. The number of hydrogen-bond donors (Lipinski definition) is 0. The molecule has 1 aromatic carbocycles. The summed E-state index contributed by atoms with van der Waals surface area (Å²) in [6.45, 7) is 0. The van der Waals surface area contributed by atoms with Crippen molar-refractivity contribution in [2.24, 2.45) is 0 Å². The molecule has 4 heterocycles. The van der Waals surface area contributed by atoms with E-state index in [4.69, 9.17) is 0 Å². The summed E-state index contributed by atoms with van der Waals surface area (Å²) in [5.41, 5.74) is 1.97. The Morgan fingerprint density at radius 1 is 0.900 bits per heavy atom. The van der Waals surface area contributed by atoms with Crippen LogP contribution < -0.4 is 11.1 Å². The van der Waals surface area contributed by atoms with Crippen LogP contribution in [0.4, 0.5) is 0 Å². The average molecular weight is 413 g/mol. The minimum Gasteiger partial charge on any atom is -0.269 e. The van der Waals surface area contributed by atoms with Gasteiger partial charge in [0.05, 0.1) is 16.8 Å². The second-order valence-electron chi connectivity index (χ2n) is 6.55. The van der Waals surface area contributed by atoms with Crippen molar-refractivity contribution in [3.63, 3.8) is 0 Å². The molecular formula is C22H15N5O2S. The van der Waals surface area contributed by atoms with Gasteiger partial charge in [0.2, 0.25) is 0 Å². The first-order valence-electron chi connectivity index (χ1n) is 9.24. The Bertz CT molecular complexity index is 1500. The van der Waals surface area contributed by atoms with Crippen molar-refractivity contribution in [1.29, 1.82) is 0 Å². The number of pyridine rings is 2. The third-order valence-corrected chi connectivity index (χ3v) is 5.57. The lowest BCUT2D eigenvalue weighted by molar-refractivity contribution is 0.814. The molecule has 0 fully saturated rings. The van der Waals surface area contributed by atoms with Crippen LogP contribution in [0.3, 0.4) is 0 Å². The zero-order valence-corrected chi connectivity index (χ0v) is 16.5. The highest BCUT2D eigenvalue weighted by Crippen LogP contribution is 2.23. The monoisotopic (exact) mass is 413 g/mol. The van der Waals surface area contributed by atoms with Gasteiger partial charge in [0.15, 0.2) is 10.8 Å². The van der Waals surface area contributed by atoms with E-state index in [1.807, 2.05) is 36.4 Å². The molecule has 5 aromatic rings. The van der Waals surface area contributed by atoms with Crippen LogP contribution in [-0.4, -0.2) is 23.9 Å². The van der Waals surface area contributed by atoms with Gasteiger partial charge in [-0.1, -0.05) is 36.0 Å². The number of thioether (sulfide) groups is 1. The summed E-state index contributed by atoms with van der Waals surface area (Å²) in [4.78, 5) is 39.0. The van der Waals surface area contributed by atoms with Gasteiger partial charge < -0.3 is 0 Å². The van der Waals surface area contributed by atoms with E-state index in [2.05, 4.69) is 15.0 Å². The number of hydrogen-bond acceptors (Lipinski definition) is 6. The number of nitrogens with zero attached hydrogens (tertiary/aromatic N) is 5. The molecule has 0 N–H and O–H groups in total. The topological polar surface area (TPSA) is 82.2 Å². The summed E-state index contributed by atoms with van der Waals surface area (Å²) in [5.74, 6) is 0.387. The van der Waals surface area contributed by atoms with Gasteiger partial charge in [-0.05, 0) is 36.4 Å². The summed E-state index contributed by atoms with van der Waals surface area (Å²) in [7, 11) is 0. The maximum atomic E-state index is 13.2. The Morgan fingerprint density at radius 2 is 1.73 bits per heavy atom. The fourth-order valence-electron chi connectivity index (χ4n) is 3.22.